The first-order chi connectivity index (χ1) is 9.99. The molecule has 1 N–H and O–H groups in total. The van der Waals surface area contributed by atoms with Gasteiger partial charge in [-0.05, 0) is 49.8 Å². The van der Waals surface area contributed by atoms with Gasteiger partial charge in [-0.15, -0.1) is 0 Å². The maximum absolute atomic E-state index is 12.1. The molecule has 1 heterocycles. The van der Waals surface area contributed by atoms with Crippen LogP contribution < -0.4 is 0 Å². The van der Waals surface area contributed by atoms with Crippen molar-refractivity contribution in [2.24, 2.45) is 0 Å². The van der Waals surface area contributed by atoms with Crippen LogP contribution >= 0.6 is 11.6 Å². The molecule has 21 heavy (non-hydrogen) atoms. The molecule has 114 valence electrons. The van der Waals surface area contributed by atoms with Crippen LogP contribution in [0.2, 0.25) is 5.02 Å². The smallest absolute Gasteiger partial charge is 0.326 e. The van der Waals surface area contributed by atoms with Gasteiger partial charge in [-0.3, -0.25) is 4.79 Å². The molecular weight excluding hydrogens is 290 g/mol. The Morgan fingerprint density at radius 1 is 1.43 bits per heavy atom. The van der Waals surface area contributed by atoms with E-state index in [1.54, 1.807) is 0 Å². The van der Waals surface area contributed by atoms with Gasteiger partial charge in [0.25, 0.3) is 0 Å². The molecule has 0 spiro atoms. The number of carbonyl (C=O) groups is 2. The molecule has 1 aliphatic heterocycles. The lowest BCUT2D eigenvalue weighted by molar-refractivity contribution is -0.148. The number of aryl methyl sites for hydroxylation is 2. The van der Waals surface area contributed by atoms with Gasteiger partial charge in [-0.1, -0.05) is 23.7 Å². The molecule has 1 saturated heterocycles. The Bertz CT molecular complexity index is 544. The van der Waals surface area contributed by atoms with Gasteiger partial charge in [0, 0.05) is 18.0 Å². The standard InChI is InChI=1S/C16H20ClNO3/c1-11-10-12(7-8-13(11)17)4-2-6-15(19)18-9-3-5-14(18)16(20)21/h7-8,10,14H,2-6,9H2,1H3,(H,20,21). The fraction of sp³-hybridized carbons (Fsp3) is 0.500. The number of carboxylic acids is 1. The van der Waals surface area contributed by atoms with Gasteiger partial charge in [-0.2, -0.15) is 0 Å². The molecule has 1 aromatic rings. The maximum atomic E-state index is 12.1. The van der Waals surface area contributed by atoms with Gasteiger partial charge >= 0.3 is 5.97 Å². The van der Waals surface area contributed by atoms with Gasteiger partial charge in [0.2, 0.25) is 5.91 Å². The molecule has 0 saturated carbocycles. The first-order valence-electron chi connectivity index (χ1n) is 7.26. The van der Waals surface area contributed by atoms with Crippen molar-refractivity contribution >= 4 is 23.5 Å². The molecule has 4 nitrogen and oxygen atoms in total. The van der Waals surface area contributed by atoms with Crippen molar-refractivity contribution in [1.82, 2.24) is 4.90 Å². The van der Waals surface area contributed by atoms with Crippen LogP contribution in [0.4, 0.5) is 0 Å². The predicted octanol–water partition coefficient (Wildman–Crippen LogP) is 3.05. The number of likely N-dealkylation sites (tertiary alicyclic amines) is 1. The molecular formula is C16H20ClNO3. The summed E-state index contributed by atoms with van der Waals surface area (Å²) in [5.74, 6) is -0.945. The van der Waals surface area contributed by atoms with Crippen LogP contribution in [-0.2, 0) is 16.0 Å². The van der Waals surface area contributed by atoms with Crippen LogP contribution in [0, 0.1) is 6.92 Å². The predicted molar refractivity (Wildman–Crippen MR) is 81.5 cm³/mol. The van der Waals surface area contributed by atoms with Crippen LogP contribution in [0.5, 0.6) is 0 Å². The normalized spacial score (nSPS) is 18.0. The van der Waals surface area contributed by atoms with Gasteiger partial charge in [0.1, 0.15) is 6.04 Å². The Labute approximate surface area is 129 Å². The number of nitrogens with zero attached hydrogens (tertiary/aromatic N) is 1. The largest absolute Gasteiger partial charge is 0.480 e. The van der Waals surface area contributed by atoms with E-state index in [0.717, 1.165) is 35.4 Å². The average Bonchev–Trinajstić information content (AvgIpc) is 2.92. The quantitative estimate of drug-likeness (QED) is 0.909. The summed E-state index contributed by atoms with van der Waals surface area (Å²) in [7, 11) is 0. The summed E-state index contributed by atoms with van der Waals surface area (Å²) >= 11 is 5.98. The fourth-order valence-corrected chi connectivity index (χ4v) is 2.89. The van der Waals surface area contributed by atoms with Crippen LogP contribution in [0.25, 0.3) is 0 Å². The number of aliphatic carboxylic acids is 1. The summed E-state index contributed by atoms with van der Waals surface area (Å²) in [6.45, 7) is 2.52. The number of carboxylic acid groups (broad SMARTS) is 1. The molecule has 1 atom stereocenters. The highest BCUT2D eigenvalue weighted by molar-refractivity contribution is 6.31. The second-order valence-electron chi connectivity index (χ2n) is 5.52. The Morgan fingerprint density at radius 2 is 2.19 bits per heavy atom. The van der Waals surface area contributed by atoms with E-state index in [-0.39, 0.29) is 5.91 Å². The van der Waals surface area contributed by atoms with E-state index in [1.807, 2.05) is 25.1 Å². The van der Waals surface area contributed by atoms with E-state index in [0.29, 0.717) is 19.4 Å². The summed E-state index contributed by atoms with van der Waals surface area (Å²) in [5.41, 5.74) is 2.19. The van der Waals surface area contributed by atoms with Gasteiger partial charge in [0.05, 0.1) is 0 Å². The monoisotopic (exact) mass is 309 g/mol. The molecule has 1 fully saturated rings. The highest BCUT2D eigenvalue weighted by atomic mass is 35.5. The molecule has 0 aliphatic carbocycles. The molecule has 0 aromatic heterocycles. The number of halogens is 1. The zero-order valence-corrected chi connectivity index (χ0v) is 12.9. The number of carbonyl (C=O) groups excluding carboxylic acids is 1. The summed E-state index contributed by atoms with van der Waals surface area (Å²) in [6.07, 6.45) is 3.26. The fourth-order valence-electron chi connectivity index (χ4n) is 2.77. The van der Waals surface area contributed by atoms with Crippen molar-refractivity contribution in [1.29, 1.82) is 0 Å². The van der Waals surface area contributed by atoms with Gasteiger partial charge in [0.15, 0.2) is 0 Å². The van der Waals surface area contributed by atoms with E-state index < -0.39 is 12.0 Å². The van der Waals surface area contributed by atoms with Crippen molar-refractivity contribution in [3.63, 3.8) is 0 Å². The number of amides is 1. The third kappa shape index (κ3) is 3.97. The second-order valence-corrected chi connectivity index (χ2v) is 5.93. The van der Waals surface area contributed by atoms with Crippen LogP contribution in [0.3, 0.4) is 0 Å². The minimum absolute atomic E-state index is 0.0504. The average molecular weight is 310 g/mol. The molecule has 1 aliphatic rings. The highest BCUT2D eigenvalue weighted by Crippen LogP contribution is 2.20. The van der Waals surface area contributed by atoms with E-state index in [4.69, 9.17) is 16.7 Å². The maximum Gasteiger partial charge on any atom is 0.326 e. The summed E-state index contributed by atoms with van der Waals surface area (Å²) in [6, 6.07) is 5.24. The molecule has 1 aromatic carbocycles. The lowest BCUT2D eigenvalue weighted by atomic mass is 10.1. The van der Waals surface area contributed by atoms with Gasteiger partial charge < -0.3 is 10.0 Å². The number of benzene rings is 1. The summed E-state index contributed by atoms with van der Waals surface area (Å²) < 4.78 is 0. The third-order valence-corrected chi connectivity index (χ3v) is 4.36. The van der Waals surface area contributed by atoms with Crippen molar-refractivity contribution in [2.45, 2.75) is 45.1 Å². The number of rotatable bonds is 5. The van der Waals surface area contributed by atoms with Gasteiger partial charge in [-0.25, -0.2) is 4.79 Å². The Kier molecular flexibility index (Phi) is 5.23. The van der Waals surface area contributed by atoms with Crippen molar-refractivity contribution in [2.75, 3.05) is 6.54 Å². The first kappa shape index (κ1) is 15.8. The van der Waals surface area contributed by atoms with Crippen LogP contribution in [0.1, 0.15) is 36.8 Å². The Morgan fingerprint density at radius 3 is 2.86 bits per heavy atom. The topological polar surface area (TPSA) is 57.6 Å². The zero-order valence-electron chi connectivity index (χ0n) is 12.1. The summed E-state index contributed by atoms with van der Waals surface area (Å²) in [4.78, 5) is 24.7. The lowest BCUT2D eigenvalue weighted by Crippen LogP contribution is -2.40. The third-order valence-electron chi connectivity index (χ3n) is 3.94. The lowest BCUT2D eigenvalue weighted by Gasteiger charge is -2.21. The van der Waals surface area contributed by atoms with Crippen LogP contribution in [0.15, 0.2) is 18.2 Å². The van der Waals surface area contributed by atoms with Crippen molar-refractivity contribution in [3.05, 3.63) is 34.3 Å². The minimum Gasteiger partial charge on any atom is -0.480 e. The Hall–Kier alpha value is -1.55. The SMILES string of the molecule is Cc1cc(CCCC(=O)N2CCCC2C(=O)O)ccc1Cl. The highest BCUT2D eigenvalue weighted by Gasteiger charge is 2.33. The molecule has 1 amide bonds. The van der Waals surface area contributed by atoms with Crippen molar-refractivity contribution < 1.29 is 14.7 Å². The summed E-state index contributed by atoms with van der Waals surface area (Å²) in [5, 5.41) is 9.83. The molecule has 0 radical (unpaired) electrons. The second kappa shape index (κ2) is 6.94. The zero-order chi connectivity index (χ0) is 15.4. The number of hydrogen-bond donors (Lipinski definition) is 1. The Balaban J connectivity index is 1.84. The van der Waals surface area contributed by atoms with Crippen molar-refractivity contribution in [3.8, 4) is 0 Å². The minimum atomic E-state index is -0.894. The molecule has 1 unspecified atom stereocenters. The van der Waals surface area contributed by atoms with E-state index in [2.05, 4.69) is 0 Å². The molecule has 5 heteroatoms. The van der Waals surface area contributed by atoms with E-state index in [1.165, 1.54) is 4.90 Å². The number of hydrogen-bond acceptors (Lipinski definition) is 2. The molecule has 0 bridgehead atoms. The van der Waals surface area contributed by atoms with E-state index in [9.17, 15) is 9.59 Å². The van der Waals surface area contributed by atoms with Crippen LogP contribution in [-0.4, -0.2) is 34.5 Å². The first-order valence-corrected chi connectivity index (χ1v) is 7.64. The van der Waals surface area contributed by atoms with E-state index >= 15 is 0 Å². The molecule has 2 rings (SSSR count).